The van der Waals surface area contributed by atoms with E-state index in [1.54, 1.807) is 38.1 Å². The van der Waals surface area contributed by atoms with E-state index in [1.165, 1.54) is 23.1 Å². The highest BCUT2D eigenvalue weighted by Gasteiger charge is 2.28. The lowest BCUT2D eigenvalue weighted by Crippen LogP contribution is -2.45. The van der Waals surface area contributed by atoms with Crippen LogP contribution in [0, 0.1) is 11.7 Å². The molecule has 2 aromatic carbocycles. The van der Waals surface area contributed by atoms with Gasteiger partial charge in [-0.25, -0.2) is 18.8 Å². The van der Waals surface area contributed by atoms with Crippen LogP contribution in [-0.2, 0) is 35.1 Å². The van der Waals surface area contributed by atoms with Crippen LogP contribution in [-0.4, -0.2) is 85.2 Å². The van der Waals surface area contributed by atoms with Crippen LogP contribution in [0.4, 0.5) is 9.18 Å². The van der Waals surface area contributed by atoms with Crippen molar-refractivity contribution in [3.8, 4) is 11.1 Å². The second kappa shape index (κ2) is 15.8. The van der Waals surface area contributed by atoms with Crippen molar-refractivity contribution in [2.24, 2.45) is 21.4 Å². The topological polar surface area (TPSA) is 169 Å². The molecular weight excluding hydrogens is 589 g/mol. The molecule has 2 aromatic rings. The summed E-state index contributed by atoms with van der Waals surface area (Å²) in [5.41, 5.74) is 1.71. The molecule has 0 aliphatic carbocycles. The van der Waals surface area contributed by atoms with Gasteiger partial charge in [-0.3, -0.25) is 9.69 Å². The molecule has 0 unspecified atom stereocenters. The molecule has 1 aliphatic heterocycles. The van der Waals surface area contributed by atoms with Gasteiger partial charge in [-0.05, 0) is 40.5 Å². The Morgan fingerprint density at radius 3 is 2.42 bits per heavy atom. The molecule has 43 heavy (non-hydrogen) atoms. The molecular formula is C28H31ClFN5O8. The molecule has 0 bridgehead atoms. The number of amides is 1. The van der Waals surface area contributed by atoms with E-state index in [2.05, 4.69) is 25.5 Å². The second-order valence-electron chi connectivity index (χ2n) is 9.77. The highest BCUT2D eigenvalue weighted by molar-refractivity contribution is 6.41. The number of ketones is 1. The molecule has 0 fully saturated rings. The third kappa shape index (κ3) is 9.91. The maximum absolute atomic E-state index is 14.3. The third-order valence-electron chi connectivity index (χ3n) is 6.22. The van der Waals surface area contributed by atoms with Gasteiger partial charge in [-0.2, -0.15) is 5.11 Å². The Morgan fingerprint density at radius 2 is 1.79 bits per heavy atom. The van der Waals surface area contributed by atoms with Gasteiger partial charge in [-0.1, -0.05) is 49.7 Å². The zero-order valence-corrected chi connectivity index (χ0v) is 24.4. The number of rotatable bonds is 14. The van der Waals surface area contributed by atoms with Crippen molar-refractivity contribution in [2.45, 2.75) is 32.5 Å². The van der Waals surface area contributed by atoms with Gasteiger partial charge in [0.2, 0.25) is 6.79 Å². The summed E-state index contributed by atoms with van der Waals surface area (Å²) in [5.74, 6) is -3.19. The molecule has 13 nitrogen and oxygen atoms in total. The predicted molar refractivity (Wildman–Crippen MR) is 152 cm³/mol. The van der Waals surface area contributed by atoms with Crippen LogP contribution in [0.5, 0.6) is 0 Å². The largest absolute Gasteiger partial charge is 0.453 e. The number of Topliss-reactive ketones (excluding diaryl/α,β-unsaturated/α-hetero) is 1. The summed E-state index contributed by atoms with van der Waals surface area (Å²) in [6.45, 7) is 2.07. The number of benzene rings is 2. The van der Waals surface area contributed by atoms with Gasteiger partial charge in [0.05, 0.1) is 13.7 Å². The molecule has 15 heteroatoms. The number of alkyl carbamates (subject to hydrolysis) is 1. The van der Waals surface area contributed by atoms with E-state index in [0.717, 1.165) is 7.11 Å². The van der Waals surface area contributed by atoms with Gasteiger partial charge < -0.3 is 24.6 Å². The Hall–Kier alpha value is -4.27. The van der Waals surface area contributed by atoms with Crippen LogP contribution < -0.4 is 5.32 Å². The molecule has 0 saturated carbocycles. The summed E-state index contributed by atoms with van der Waals surface area (Å²) in [6.07, 6.45) is -2.56. The Balaban J connectivity index is 1.63. The summed E-state index contributed by atoms with van der Waals surface area (Å²) < 4.78 is 28.6. The lowest BCUT2D eigenvalue weighted by molar-refractivity contribution is -0.175. The third-order valence-corrected chi connectivity index (χ3v) is 6.46. The van der Waals surface area contributed by atoms with Gasteiger partial charge in [0.1, 0.15) is 24.1 Å². The van der Waals surface area contributed by atoms with E-state index in [0.29, 0.717) is 21.7 Å². The lowest BCUT2D eigenvalue weighted by Gasteiger charge is -2.24. The number of halogens is 2. The number of aliphatic hydroxyl groups excluding tert-OH is 1. The quantitative estimate of drug-likeness (QED) is 0.238. The number of hydrogen-bond acceptors (Lipinski definition) is 12. The predicted octanol–water partition coefficient (Wildman–Crippen LogP) is 3.12. The van der Waals surface area contributed by atoms with Gasteiger partial charge >= 0.3 is 18.0 Å². The zero-order chi connectivity index (χ0) is 31.5. The summed E-state index contributed by atoms with van der Waals surface area (Å²) in [5, 5.41) is 24.0. The molecule has 1 aliphatic rings. The van der Waals surface area contributed by atoms with Crippen molar-refractivity contribution in [1.82, 2.24) is 10.2 Å². The van der Waals surface area contributed by atoms with Crippen molar-refractivity contribution in [2.75, 3.05) is 33.5 Å². The summed E-state index contributed by atoms with van der Waals surface area (Å²) in [7, 11) is 1.14. The van der Waals surface area contributed by atoms with E-state index in [1.807, 2.05) is 0 Å². The number of esters is 2. The van der Waals surface area contributed by atoms with Gasteiger partial charge in [-0.15, -0.1) is 5.10 Å². The highest BCUT2D eigenvalue weighted by atomic mass is 35.5. The van der Waals surface area contributed by atoms with Crippen LogP contribution in [0.3, 0.4) is 0 Å². The Kier molecular flexibility index (Phi) is 12.2. The normalized spacial score (nSPS) is 13.8. The first-order valence-electron chi connectivity index (χ1n) is 13.1. The molecule has 0 saturated heterocycles. The molecule has 1 amide bonds. The zero-order valence-electron chi connectivity index (χ0n) is 23.7. The number of carbonyl (C=O) groups is 4. The van der Waals surface area contributed by atoms with E-state index in [9.17, 15) is 28.7 Å². The fraction of sp³-hybridized carbons (Fsp3) is 0.393. The molecule has 1 heterocycles. The minimum absolute atomic E-state index is 0.0186. The number of methoxy groups -OCH3 is 1. The van der Waals surface area contributed by atoms with Crippen molar-refractivity contribution < 1.29 is 42.9 Å². The monoisotopic (exact) mass is 619 g/mol. The van der Waals surface area contributed by atoms with Gasteiger partial charge in [0, 0.05) is 23.7 Å². The van der Waals surface area contributed by atoms with Gasteiger partial charge in [0.15, 0.2) is 11.9 Å². The molecule has 0 radical (unpaired) electrons. The van der Waals surface area contributed by atoms with Crippen LogP contribution in [0.15, 0.2) is 57.9 Å². The number of hydrogen-bond donors (Lipinski definition) is 2. The van der Waals surface area contributed by atoms with Crippen LogP contribution in [0.25, 0.3) is 11.1 Å². The number of aliphatic hydroxyl groups is 1. The van der Waals surface area contributed by atoms with Crippen molar-refractivity contribution in [1.29, 1.82) is 0 Å². The fourth-order valence-corrected chi connectivity index (χ4v) is 4.11. The molecule has 3 rings (SSSR count). The molecule has 2 N–H and O–H groups in total. The smallest absolute Gasteiger partial charge is 0.407 e. The molecule has 0 spiro atoms. The standard InChI is InChI=1S/C28H31ClFN5O8/c1-16(2)25(32-28(40)41-3)27(39)43-15-42-26(38)24(37)14-35(13-23(36)22-11-31-34-33-22)12-17-4-6-18(7-5-17)20-10-19(29)8-9-21(20)30/h4-10,16,24-25,37H,11-15H2,1-3H3,(H,32,40)/t24-,25+/m1/s1. The minimum Gasteiger partial charge on any atom is -0.453 e. The SMILES string of the molecule is COC(=O)N[C@H](C(=O)OCOC(=O)[C@H](O)CN(CC(=O)C1=NN=NC1)Cc1ccc(-c2cc(Cl)ccc2F)cc1)C(C)C. The van der Waals surface area contributed by atoms with E-state index in [4.69, 9.17) is 21.1 Å². The van der Waals surface area contributed by atoms with Gasteiger partial charge in [0.25, 0.3) is 0 Å². The maximum Gasteiger partial charge on any atom is 0.407 e. The Labute approximate surface area is 251 Å². The second-order valence-corrected chi connectivity index (χ2v) is 10.2. The average Bonchev–Trinajstić information content (AvgIpc) is 3.52. The first kappa shape index (κ1) is 33.2. The molecule has 0 aromatic heterocycles. The van der Waals surface area contributed by atoms with E-state index in [-0.39, 0.29) is 37.8 Å². The van der Waals surface area contributed by atoms with E-state index < -0.39 is 48.6 Å². The Morgan fingerprint density at radius 1 is 1.09 bits per heavy atom. The van der Waals surface area contributed by atoms with Crippen molar-refractivity contribution in [3.63, 3.8) is 0 Å². The highest BCUT2D eigenvalue weighted by Crippen LogP contribution is 2.26. The summed E-state index contributed by atoms with van der Waals surface area (Å²) >= 11 is 6.01. The number of carbonyl (C=O) groups excluding carboxylic acids is 4. The summed E-state index contributed by atoms with van der Waals surface area (Å²) in [4.78, 5) is 50.5. The summed E-state index contributed by atoms with van der Waals surface area (Å²) in [6, 6.07) is 9.95. The minimum atomic E-state index is -1.72. The number of nitrogens with zero attached hydrogens (tertiary/aromatic N) is 4. The Bertz CT molecular complexity index is 1390. The number of ether oxygens (including phenoxy) is 3. The molecule has 230 valence electrons. The van der Waals surface area contributed by atoms with Crippen molar-refractivity contribution >= 4 is 41.1 Å². The van der Waals surface area contributed by atoms with E-state index >= 15 is 0 Å². The fourth-order valence-electron chi connectivity index (χ4n) is 3.94. The average molecular weight is 620 g/mol. The lowest BCUT2D eigenvalue weighted by atomic mass is 10.0. The van der Waals surface area contributed by atoms with Crippen LogP contribution in [0.1, 0.15) is 19.4 Å². The first-order chi connectivity index (χ1) is 20.5. The maximum atomic E-state index is 14.3. The van der Waals surface area contributed by atoms with Crippen LogP contribution in [0.2, 0.25) is 5.02 Å². The van der Waals surface area contributed by atoms with Crippen LogP contribution >= 0.6 is 11.6 Å². The van der Waals surface area contributed by atoms with Crippen molar-refractivity contribution in [3.05, 3.63) is 58.9 Å². The molecule has 2 atom stereocenters. The number of nitrogens with one attached hydrogen (secondary N) is 1. The first-order valence-corrected chi connectivity index (χ1v) is 13.4.